The molecule has 1 aromatic carbocycles. The molecule has 1 N–H and O–H groups in total. The quantitative estimate of drug-likeness (QED) is 0.812. The monoisotopic (exact) mass is 419 g/mol. The fourth-order valence-corrected chi connectivity index (χ4v) is 4.29. The minimum Gasteiger partial charge on any atom is -0.486 e. The van der Waals surface area contributed by atoms with Crippen LogP contribution in [0.1, 0.15) is 36.0 Å². The van der Waals surface area contributed by atoms with Gasteiger partial charge in [0.1, 0.15) is 24.9 Å². The van der Waals surface area contributed by atoms with E-state index >= 15 is 0 Å². The number of hydrogen-bond acceptors (Lipinski definition) is 6. The van der Waals surface area contributed by atoms with Gasteiger partial charge in [0, 0.05) is 32.1 Å². The minimum atomic E-state index is 0. The molecule has 2 aromatic rings. The molecule has 0 bridgehead atoms. The summed E-state index contributed by atoms with van der Waals surface area (Å²) in [7, 11) is 0. The summed E-state index contributed by atoms with van der Waals surface area (Å²) in [4.78, 5) is 14.7. The summed E-state index contributed by atoms with van der Waals surface area (Å²) in [6.45, 7) is 5.36. The number of hydrogen-bond donors (Lipinski definition) is 1. The van der Waals surface area contributed by atoms with Crippen molar-refractivity contribution in [1.29, 1.82) is 0 Å². The van der Waals surface area contributed by atoms with E-state index in [4.69, 9.17) is 9.47 Å². The maximum absolute atomic E-state index is 12.8. The van der Waals surface area contributed by atoms with Crippen LogP contribution in [-0.4, -0.2) is 58.4 Å². The molecule has 8 nitrogen and oxygen atoms in total. The number of carbonyl (C=O) groups excluding carboxylic acids is 1. The molecule has 156 valence electrons. The summed E-state index contributed by atoms with van der Waals surface area (Å²) in [6.07, 6.45) is 2.28. The van der Waals surface area contributed by atoms with Gasteiger partial charge in [0.2, 0.25) is 5.91 Å². The largest absolute Gasteiger partial charge is 0.486 e. The number of amides is 1. The first-order chi connectivity index (χ1) is 13.8. The van der Waals surface area contributed by atoms with Gasteiger partial charge < -0.3 is 24.3 Å². The summed E-state index contributed by atoms with van der Waals surface area (Å²) in [5.41, 5.74) is 0.968. The van der Waals surface area contributed by atoms with Crippen molar-refractivity contribution in [3.05, 3.63) is 35.4 Å². The highest BCUT2D eigenvalue weighted by molar-refractivity contribution is 5.85. The van der Waals surface area contributed by atoms with Crippen LogP contribution in [-0.2, 0) is 24.3 Å². The van der Waals surface area contributed by atoms with Gasteiger partial charge >= 0.3 is 0 Å². The van der Waals surface area contributed by atoms with E-state index in [0.717, 1.165) is 74.3 Å². The van der Waals surface area contributed by atoms with Gasteiger partial charge in [-0.25, -0.2) is 0 Å². The number of fused-ring (bicyclic) bond motifs is 2. The van der Waals surface area contributed by atoms with E-state index in [1.165, 1.54) is 0 Å². The zero-order chi connectivity index (χ0) is 18.9. The lowest BCUT2D eigenvalue weighted by atomic mass is 9.95. The molecular weight excluding hydrogens is 394 g/mol. The van der Waals surface area contributed by atoms with Crippen LogP contribution in [0, 0.1) is 0 Å². The molecule has 5 rings (SSSR count). The van der Waals surface area contributed by atoms with Crippen molar-refractivity contribution in [2.24, 2.45) is 0 Å². The van der Waals surface area contributed by atoms with Crippen molar-refractivity contribution in [2.75, 3.05) is 32.8 Å². The molecule has 0 saturated carbocycles. The van der Waals surface area contributed by atoms with Crippen LogP contribution in [0.15, 0.2) is 18.2 Å². The van der Waals surface area contributed by atoms with Crippen LogP contribution in [0.2, 0.25) is 0 Å². The lowest BCUT2D eigenvalue weighted by Crippen LogP contribution is -2.39. The second-order valence-electron chi connectivity index (χ2n) is 7.61. The van der Waals surface area contributed by atoms with Gasteiger partial charge in [-0.05, 0) is 30.5 Å². The van der Waals surface area contributed by atoms with Crippen molar-refractivity contribution in [3.8, 4) is 11.5 Å². The molecule has 0 aliphatic carbocycles. The Morgan fingerprint density at radius 2 is 1.90 bits per heavy atom. The Balaban J connectivity index is 0.00000205. The van der Waals surface area contributed by atoms with Crippen molar-refractivity contribution < 1.29 is 14.3 Å². The fourth-order valence-electron chi connectivity index (χ4n) is 4.29. The zero-order valence-corrected chi connectivity index (χ0v) is 17.1. The number of benzene rings is 1. The van der Waals surface area contributed by atoms with Crippen LogP contribution in [0.3, 0.4) is 0 Å². The fraction of sp³-hybridized carbons (Fsp3) is 0.550. The highest BCUT2D eigenvalue weighted by Gasteiger charge is 2.28. The zero-order valence-electron chi connectivity index (χ0n) is 16.3. The van der Waals surface area contributed by atoms with Gasteiger partial charge in [-0.2, -0.15) is 0 Å². The van der Waals surface area contributed by atoms with Crippen LogP contribution < -0.4 is 14.8 Å². The third kappa shape index (κ3) is 4.04. The Morgan fingerprint density at radius 1 is 1.10 bits per heavy atom. The first-order valence-electron chi connectivity index (χ1n) is 10.1. The lowest BCUT2D eigenvalue weighted by Gasteiger charge is -2.32. The van der Waals surface area contributed by atoms with Crippen molar-refractivity contribution >= 4 is 18.3 Å². The number of likely N-dealkylation sites (tertiary alicyclic amines) is 1. The van der Waals surface area contributed by atoms with Gasteiger partial charge in [0.15, 0.2) is 11.5 Å². The third-order valence-corrected chi connectivity index (χ3v) is 5.83. The Kier molecular flexibility index (Phi) is 5.91. The van der Waals surface area contributed by atoms with E-state index in [1.54, 1.807) is 0 Å². The molecule has 4 heterocycles. The van der Waals surface area contributed by atoms with Gasteiger partial charge in [-0.1, -0.05) is 6.07 Å². The smallest absolute Gasteiger partial charge is 0.226 e. The first-order valence-corrected chi connectivity index (χ1v) is 10.1. The average molecular weight is 420 g/mol. The van der Waals surface area contributed by atoms with Crippen molar-refractivity contribution in [1.82, 2.24) is 25.0 Å². The molecule has 1 saturated heterocycles. The number of aromatic nitrogens is 3. The van der Waals surface area contributed by atoms with Gasteiger partial charge in [0.05, 0.1) is 13.0 Å². The average Bonchev–Trinajstić information content (AvgIpc) is 3.18. The summed E-state index contributed by atoms with van der Waals surface area (Å²) in [5, 5.41) is 12.1. The second-order valence-corrected chi connectivity index (χ2v) is 7.61. The van der Waals surface area contributed by atoms with E-state index in [-0.39, 0.29) is 18.3 Å². The summed E-state index contributed by atoms with van der Waals surface area (Å²) in [5.74, 6) is 4.17. The van der Waals surface area contributed by atoms with Gasteiger partial charge in [-0.15, -0.1) is 22.6 Å². The first kappa shape index (κ1) is 20.0. The Hall–Kier alpha value is -2.32. The standard InChI is InChI=1S/C20H25N5O3.ClH/c26-19(12-14-1-2-16-17(11-14)28-10-9-27-16)24-6-3-15(4-7-24)20-23-22-18-13-21-5-8-25(18)20;/h1-2,11,15,21H,3-10,12-13H2;1H. The number of nitrogens with zero attached hydrogens (tertiary/aromatic N) is 4. The SMILES string of the molecule is Cl.O=C(Cc1ccc2c(c1)OCCO2)N1CCC(c2nnc3n2CCNC3)CC1. The van der Waals surface area contributed by atoms with E-state index in [1.807, 2.05) is 23.1 Å². The number of carbonyl (C=O) groups is 1. The molecule has 1 amide bonds. The normalized spacial score (nSPS) is 18.7. The molecule has 3 aliphatic heterocycles. The number of rotatable bonds is 3. The Morgan fingerprint density at radius 3 is 2.72 bits per heavy atom. The van der Waals surface area contributed by atoms with Crippen LogP contribution in [0.5, 0.6) is 11.5 Å². The minimum absolute atomic E-state index is 0. The van der Waals surface area contributed by atoms with Crippen molar-refractivity contribution in [2.45, 2.75) is 38.3 Å². The topological polar surface area (TPSA) is 81.5 Å². The van der Waals surface area contributed by atoms with E-state index in [9.17, 15) is 4.79 Å². The summed E-state index contributed by atoms with van der Waals surface area (Å²) < 4.78 is 13.4. The molecule has 1 aromatic heterocycles. The van der Waals surface area contributed by atoms with E-state index in [2.05, 4.69) is 20.1 Å². The lowest BCUT2D eigenvalue weighted by molar-refractivity contribution is -0.131. The maximum Gasteiger partial charge on any atom is 0.226 e. The van der Waals surface area contributed by atoms with Crippen LogP contribution >= 0.6 is 12.4 Å². The molecule has 0 spiro atoms. The molecule has 0 radical (unpaired) electrons. The summed E-state index contributed by atoms with van der Waals surface area (Å²) in [6, 6.07) is 5.77. The van der Waals surface area contributed by atoms with Crippen molar-refractivity contribution in [3.63, 3.8) is 0 Å². The predicted octanol–water partition coefficient (Wildman–Crippen LogP) is 1.52. The molecule has 3 aliphatic rings. The highest BCUT2D eigenvalue weighted by atomic mass is 35.5. The molecule has 9 heteroatoms. The highest BCUT2D eigenvalue weighted by Crippen LogP contribution is 2.32. The second kappa shape index (κ2) is 8.59. The van der Waals surface area contributed by atoms with E-state index in [0.29, 0.717) is 25.6 Å². The summed E-state index contributed by atoms with van der Waals surface area (Å²) >= 11 is 0. The maximum atomic E-state index is 12.8. The molecular formula is C20H26ClN5O3. The number of piperidine rings is 1. The van der Waals surface area contributed by atoms with Gasteiger partial charge in [0.25, 0.3) is 0 Å². The van der Waals surface area contributed by atoms with Crippen LogP contribution in [0.25, 0.3) is 0 Å². The number of nitrogens with one attached hydrogen (secondary N) is 1. The Bertz CT molecular complexity index is 879. The number of halogens is 1. The number of ether oxygens (including phenoxy) is 2. The molecule has 0 atom stereocenters. The van der Waals surface area contributed by atoms with E-state index < -0.39 is 0 Å². The third-order valence-electron chi connectivity index (χ3n) is 5.83. The van der Waals surface area contributed by atoms with Crippen LogP contribution in [0.4, 0.5) is 0 Å². The Labute approximate surface area is 176 Å². The predicted molar refractivity (Wildman–Crippen MR) is 109 cm³/mol. The molecule has 29 heavy (non-hydrogen) atoms. The van der Waals surface area contributed by atoms with Gasteiger partial charge in [-0.3, -0.25) is 4.79 Å². The molecule has 1 fully saturated rings. The molecule has 0 unspecified atom stereocenters.